The molecule has 0 heterocycles. The van der Waals surface area contributed by atoms with Crippen LogP contribution in [0.4, 0.5) is 4.39 Å². The zero-order chi connectivity index (χ0) is 7.11. The average Bonchev–Trinajstić information content (AvgIpc) is 1.85. The van der Waals surface area contributed by atoms with E-state index in [0.717, 1.165) is 19.1 Å². The Balaban J connectivity index is 3.04. The van der Waals surface area contributed by atoms with E-state index in [1.165, 1.54) is 0 Å². The molecule has 2 heteroatoms. The summed E-state index contributed by atoms with van der Waals surface area (Å²) >= 11 is 0. The van der Waals surface area contributed by atoms with E-state index >= 15 is 0 Å². The summed E-state index contributed by atoms with van der Waals surface area (Å²) in [6.07, 6.45) is 3.25. The summed E-state index contributed by atoms with van der Waals surface area (Å²) in [6, 6.07) is 0. The number of hydrogen-bond donors (Lipinski definition) is 1. The first kappa shape index (κ1) is 8.60. The number of halogens is 1. The van der Waals surface area contributed by atoms with Crippen LogP contribution in [-0.2, 0) is 0 Å². The third-order valence-electron chi connectivity index (χ3n) is 1.24. The van der Waals surface area contributed by atoms with Crippen molar-refractivity contribution in [1.29, 1.82) is 5.41 Å². The molecule has 0 radical (unpaired) electrons. The van der Waals surface area contributed by atoms with Crippen molar-refractivity contribution < 1.29 is 4.39 Å². The third kappa shape index (κ3) is 5.47. The van der Waals surface area contributed by atoms with E-state index in [-0.39, 0.29) is 0 Å². The standard InChI is InChI=1S/C7H14FN/c1-2-3-4-7(8)5-6-9/h6-7,9H,2-5H2,1H3. The molecule has 0 aliphatic rings. The predicted octanol–water partition coefficient (Wildman–Crippen LogP) is 2.55. The van der Waals surface area contributed by atoms with Crippen LogP contribution in [-0.4, -0.2) is 12.4 Å². The Morgan fingerprint density at radius 1 is 1.67 bits per heavy atom. The number of rotatable bonds is 5. The van der Waals surface area contributed by atoms with Gasteiger partial charge in [-0.15, -0.1) is 0 Å². The highest BCUT2D eigenvalue weighted by Crippen LogP contribution is 2.06. The Hall–Kier alpha value is -0.400. The van der Waals surface area contributed by atoms with Gasteiger partial charge in [-0.3, -0.25) is 0 Å². The topological polar surface area (TPSA) is 23.9 Å². The second-order valence-corrected chi connectivity index (χ2v) is 2.18. The van der Waals surface area contributed by atoms with E-state index in [1.807, 2.05) is 6.92 Å². The van der Waals surface area contributed by atoms with Gasteiger partial charge in [0.2, 0.25) is 0 Å². The van der Waals surface area contributed by atoms with Gasteiger partial charge >= 0.3 is 0 Å². The molecule has 1 unspecified atom stereocenters. The van der Waals surface area contributed by atoms with Gasteiger partial charge in [-0.05, 0) is 12.6 Å². The summed E-state index contributed by atoms with van der Waals surface area (Å²) in [5.74, 6) is 0. The Morgan fingerprint density at radius 3 is 2.78 bits per heavy atom. The molecule has 0 rings (SSSR count). The average molecular weight is 131 g/mol. The van der Waals surface area contributed by atoms with E-state index in [2.05, 4.69) is 0 Å². The summed E-state index contributed by atoms with van der Waals surface area (Å²) in [4.78, 5) is 0. The van der Waals surface area contributed by atoms with E-state index in [9.17, 15) is 4.39 Å². The number of nitrogens with one attached hydrogen (secondary N) is 1. The highest BCUT2D eigenvalue weighted by atomic mass is 19.1. The number of alkyl halides is 1. The first-order valence-electron chi connectivity index (χ1n) is 3.44. The molecule has 0 spiro atoms. The Labute approximate surface area is 55.8 Å². The van der Waals surface area contributed by atoms with Crippen LogP contribution < -0.4 is 0 Å². The van der Waals surface area contributed by atoms with Crippen LogP contribution in [0.1, 0.15) is 32.6 Å². The van der Waals surface area contributed by atoms with E-state index in [4.69, 9.17) is 5.41 Å². The summed E-state index contributed by atoms with van der Waals surface area (Å²) in [5.41, 5.74) is 0. The maximum absolute atomic E-state index is 12.4. The largest absolute Gasteiger partial charge is 0.313 e. The van der Waals surface area contributed by atoms with Crippen LogP contribution in [0, 0.1) is 5.41 Å². The van der Waals surface area contributed by atoms with Gasteiger partial charge in [-0.25, -0.2) is 4.39 Å². The zero-order valence-corrected chi connectivity index (χ0v) is 5.86. The first-order valence-corrected chi connectivity index (χ1v) is 3.44. The minimum Gasteiger partial charge on any atom is -0.313 e. The van der Waals surface area contributed by atoms with Gasteiger partial charge in [0.1, 0.15) is 6.17 Å². The zero-order valence-electron chi connectivity index (χ0n) is 5.86. The van der Waals surface area contributed by atoms with Gasteiger partial charge in [0.25, 0.3) is 0 Å². The molecule has 1 atom stereocenters. The highest BCUT2D eigenvalue weighted by molar-refractivity contribution is 5.53. The molecule has 0 bridgehead atoms. The lowest BCUT2D eigenvalue weighted by Gasteiger charge is -2.00. The Kier molecular flexibility index (Phi) is 5.48. The fourth-order valence-corrected chi connectivity index (χ4v) is 0.671. The predicted molar refractivity (Wildman–Crippen MR) is 37.8 cm³/mol. The summed E-state index contributed by atoms with van der Waals surface area (Å²) in [7, 11) is 0. The van der Waals surface area contributed by atoms with E-state index in [1.54, 1.807) is 0 Å². The Bertz CT molecular complexity index is 73.3. The van der Waals surface area contributed by atoms with Gasteiger partial charge in [0, 0.05) is 6.42 Å². The minimum atomic E-state index is -0.776. The van der Waals surface area contributed by atoms with Crippen molar-refractivity contribution in [1.82, 2.24) is 0 Å². The van der Waals surface area contributed by atoms with Crippen molar-refractivity contribution in [2.24, 2.45) is 0 Å². The van der Waals surface area contributed by atoms with Crippen molar-refractivity contribution in [3.05, 3.63) is 0 Å². The first-order chi connectivity index (χ1) is 4.31. The smallest absolute Gasteiger partial charge is 0.105 e. The van der Waals surface area contributed by atoms with Crippen molar-refractivity contribution in [3.8, 4) is 0 Å². The number of unbranched alkanes of at least 4 members (excludes halogenated alkanes) is 1. The molecular formula is C7H14FN. The lowest BCUT2D eigenvalue weighted by Crippen LogP contribution is -1.99. The number of hydrogen-bond acceptors (Lipinski definition) is 1. The SMILES string of the molecule is CCCCC(F)CC=N. The molecule has 9 heavy (non-hydrogen) atoms. The molecule has 0 saturated carbocycles. The van der Waals surface area contributed by atoms with Gasteiger partial charge in [-0.1, -0.05) is 19.8 Å². The maximum Gasteiger partial charge on any atom is 0.105 e. The van der Waals surface area contributed by atoms with E-state index in [0.29, 0.717) is 12.8 Å². The third-order valence-corrected chi connectivity index (χ3v) is 1.24. The lowest BCUT2D eigenvalue weighted by molar-refractivity contribution is 0.318. The van der Waals surface area contributed by atoms with Gasteiger partial charge in [0.05, 0.1) is 0 Å². The maximum atomic E-state index is 12.4. The second-order valence-electron chi connectivity index (χ2n) is 2.18. The van der Waals surface area contributed by atoms with Gasteiger partial charge in [0.15, 0.2) is 0 Å². The fourth-order valence-electron chi connectivity index (χ4n) is 0.671. The molecule has 0 aromatic rings. The molecule has 1 N–H and O–H groups in total. The summed E-state index contributed by atoms with van der Waals surface area (Å²) < 4.78 is 12.4. The lowest BCUT2D eigenvalue weighted by atomic mass is 10.1. The fraction of sp³-hybridized carbons (Fsp3) is 0.857. The molecule has 0 fully saturated rings. The molecule has 0 saturated heterocycles. The van der Waals surface area contributed by atoms with Crippen LogP contribution >= 0.6 is 0 Å². The van der Waals surface area contributed by atoms with E-state index < -0.39 is 6.17 Å². The Morgan fingerprint density at radius 2 is 2.33 bits per heavy atom. The summed E-state index contributed by atoms with van der Waals surface area (Å²) in [6.45, 7) is 2.04. The molecule has 54 valence electrons. The van der Waals surface area contributed by atoms with Crippen LogP contribution in [0.15, 0.2) is 0 Å². The second kappa shape index (κ2) is 5.73. The summed E-state index contributed by atoms with van der Waals surface area (Å²) in [5, 5.41) is 6.60. The van der Waals surface area contributed by atoms with Crippen molar-refractivity contribution in [3.63, 3.8) is 0 Å². The molecule has 0 aromatic heterocycles. The molecule has 0 aromatic carbocycles. The van der Waals surface area contributed by atoms with Crippen molar-refractivity contribution >= 4 is 6.21 Å². The molecule has 1 nitrogen and oxygen atoms in total. The van der Waals surface area contributed by atoms with Crippen LogP contribution in [0.3, 0.4) is 0 Å². The van der Waals surface area contributed by atoms with Crippen molar-refractivity contribution in [2.75, 3.05) is 0 Å². The molecule has 0 aliphatic heterocycles. The van der Waals surface area contributed by atoms with Gasteiger partial charge in [-0.2, -0.15) is 0 Å². The van der Waals surface area contributed by atoms with Crippen molar-refractivity contribution in [2.45, 2.75) is 38.8 Å². The van der Waals surface area contributed by atoms with Crippen LogP contribution in [0.5, 0.6) is 0 Å². The minimum absolute atomic E-state index is 0.292. The van der Waals surface area contributed by atoms with Crippen LogP contribution in [0.25, 0.3) is 0 Å². The molecular weight excluding hydrogens is 117 g/mol. The molecule has 0 amide bonds. The normalized spacial score (nSPS) is 13.1. The monoisotopic (exact) mass is 131 g/mol. The molecule has 0 aliphatic carbocycles. The quantitative estimate of drug-likeness (QED) is 0.554. The highest BCUT2D eigenvalue weighted by Gasteiger charge is 2.01. The van der Waals surface area contributed by atoms with Gasteiger partial charge < -0.3 is 5.41 Å². The van der Waals surface area contributed by atoms with Crippen LogP contribution in [0.2, 0.25) is 0 Å².